The average Bonchev–Trinajstić information content (AvgIpc) is 3.08. The Morgan fingerprint density at radius 1 is 1.29 bits per heavy atom. The number of fused-ring (bicyclic) bond motifs is 2. The third-order valence-electron chi connectivity index (χ3n) is 3.22. The summed E-state index contributed by atoms with van der Waals surface area (Å²) in [5.41, 5.74) is -0.117. The Balaban J connectivity index is 0.000000182. The van der Waals surface area contributed by atoms with Gasteiger partial charge < -0.3 is 19.7 Å². The summed E-state index contributed by atoms with van der Waals surface area (Å²) in [4.78, 5) is 12.2. The minimum absolute atomic E-state index is 0.117. The number of rotatable bonds is 5. The average molecular weight is 350 g/mol. The van der Waals surface area contributed by atoms with Crippen LogP contribution >= 0.6 is 0 Å². The van der Waals surface area contributed by atoms with Crippen molar-refractivity contribution in [3.05, 3.63) is 57.6 Å². The van der Waals surface area contributed by atoms with Crippen molar-refractivity contribution in [1.82, 2.24) is 0 Å². The number of benzene rings is 1. The Labute approximate surface area is 142 Å². The van der Waals surface area contributed by atoms with E-state index >= 15 is 0 Å². The van der Waals surface area contributed by atoms with E-state index in [2.05, 4.69) is 0 Å². The standard InChI is InChI=1S/C10H12O4.C7H6O2S/c1-2-5-14-7-3-4-8(10(12)13)9(11)6-7;1-9-6-4-5-2-3-7(6)10(5)8/h3-4,6,11H,2,5H2,1H3,(H,12,13);2-4H,1H3. The molecule has 7 heteroatoms. The zero-order valence-electron chi connectivity index (χ0n) is 13.3. The molecule has 128 valence electrons. The van der Waals surface area contributed by atoms with Crippen LogP contribution in [0.1, 0.15) is 23.7 Å². The molecule has 24 heavy (non-hydrogen) atoms. The summed E-state index contributed by atoms with van der Waals surface area (Å²) >= 11 is 0. The Morgan fingerprint density at radius 2 is 2.04 bits per heavy atom. The minimum Gasteiger partial charge on any atom is -0.507 e. The molecule has 1 atom stereocenters. The van der Waals surface area contributed by atoms with E-state index in [1.807, 2.05) is 25.2 Å². The first-order valence-corrected chi connectivity index (χ1v) is 8.41. The van der Waals surface area contributed by atoms with Crippen molar-refractivity contribution in [2.75, 3.05) is 13.7 Å². The Hall–Kier alpha value is -2.54. The van der Waals surface area contributed by atoms with Gasteiger partial charge in [0, 0.05) is 11.0 Å². The molecule has 2 bridgehead atoms. The predicted molar refractivity (Wildman–Crippen MR) is 90.3 cm³/mol. The van der Waals surface area contributed by atoms with Gasteiger partial charge in [0.05, 0.1) is 29.4 Å². The maximum absolute atomic E-state index is 11.2. The van der Waals surface area contributed by atoms with Crippen molar-refractivity contribution >= 4 is 16.8 Å². The van der Waals surface area contributed by atoms with Crippen molar-refractivity contribution in [3.8, 4) is 11.5 Å². The molecule has 0 saturated heterocycles. The van der Waals surface area contributed by atoms with Crippen LogP contribution in [0.5, 0.6) is 11.5 Å². The van der Waals surface area contributed by atoms with E-state index in [0.29, 0.717) is 12.4 Å². The molecule has 6 nitrogen and oxygen atoms in total. The molecule has 1 aromatic rings. The van der Waals surface area contributed by atoms with Gasteiger partial charge in [0.1, 0.15) is 22.8 Å². The smallest absolute Gasteiger partial charge is 0.339 e. The van der Waals surface area contributed by atoms with E-state index < -0.39 is 16.8 Å². The zero-order chi connectivity index (χ0) is 17.7. The van der Waals surface area contributed by atoms with Gasteiger partial charge in [0.2, 0.25) is 0 Å². The summed E-state index contributed by atoms with van der Waals surface area (Å²) in [6.45, 7) is 2.51. The summed E-state index contributed by atoms with van der Waals surface area (Å²) in [6.07, 6.45) is 6.37. The van der Waals surface area contributed by atoms with Crippen LogP contribution in [0.2, 0.25) is 0 Å². The van der Waals surface area contributed by atoms with Gasteiger partial charge in [-0.25, -0.2) is 9.00 Å². The maximum Gasteiger partial charge on any atom is 0.339 e. The molecule has 0 aromatic heterocycles. The van der Waals surface area contributed by atoms with Crippen molar-refractivity contribution in [3.63, 3.8) is 0 Å². The van der Waals surface area contributed by atoms with Gasteiger partial charge in [-0.15, -0.1) is 0 Å². The number of methoxy groups -OCH3 is 1. The van der Waals surface area contributed by atoms with Crippen LogP contribution in [0.4, 0.5) is 0 Å². The molecule has 2 aliphatic heterocycles. The minimum atomic E-state index is -1.15. The first-order valence-electron chi connectivity index (χ1n) is 7.26. The van der Waals surface area contributed by atoms with E-state index in [9.17, 15) is 14.1 Å². The summed E-state index contributed by atoms with van der Waals surface area (Å²) in [5, 5.41) is 17.9. The number of hydrogen-bond acceptors (Lipinski definition) is 5. The molecule has 0 saturated carbocycles. The summed E-state index contributed by atoms with van der Waals surface area (Å²) in [6, 6.07) is 4.15. The highest BCUT2D eigenvalue weighted by Crippen LogP contribution is 2.33. The van der Waals surface area contributed by atoms with Crippen LogP contribution in [-0.2, 0) is 15.5 Å². The zero-order valence-corrected chi connectivity index (χ0v) is 14.1. The first kappa shape index (κ1) is 17.8. The number of hydrogen-bond donors (Lipinski definition) is 2. The maximum atomic E-state index is 11.2. The van der Waals surface area contributed by atoms with Gasteiger partial charge in [-0.3, -0.25) is 0 Å². The van der Waals surface area contributed by atoms with Gasteiger partial charge in [0.25, 0.3) is 0 Å². The lowest BCUT2D eigenvalue weighted by Gasteiger charge is -2.05. The molecule has 0 spiro atoms. The molecule has 0 radical (unpaired) electrons. The predicted octanol–water partition coefficient (Wildman–Crippen LogP) is 2.94. The quantitative estimate of drug-likeness (QED) is 0.848. The van der Waals surface area contributed by atoms with E-state index in [4.69, 9.17) is 14.6 Å². The topological polar surface area (TPSA) is 93.1 Å². The number of allylic oxidation sites excluding steroid dienone is 3. The normalized spacial score (nSPS) is 17.2. The molecule has 0 fully saturated rings. The molecular formula is C17H18O6S. The molecule has 2 heterocycles. The van der Waals surface area contributed by atoms with Crippen LogP contribution in [0, 0.1) is 0 Å². The van der Waals surface area contributed by atoms with E-state index in [1.54, 1.807) is 7.11 Å². The Bertz CT molecular complexity index is 760. The molecule has 0 aliphatic carbocycles. The van der Waals surface area contributed by atoms with Crippen LogP contribution in [0.3, 0.4) is 0 Å². The second-order valence-corrected chi connectivity index (χ2v) is 6.36. The largest absolute Gasteiger partial charge is 0.507 e. The Morgan fingerprint density at radius 3 is 2.46 bits per heavy atom. The lowest BCUT2D eigenvalue weighted by molar-refractivity contribution is 0.0693. The molecule has 0 amide bonds. The number of carbonyl (C=O) groups is 1. The molecule has 2 aliphatic rings. The number of carboxylic acid groups (broad SMARTS) is 1. The third kappa shape index (κ3) is 3.86. The van der Waals surface area contributed by atoms with Crippen molar-refractivity contribution in [2.24, 2.45) is 0 Å². The van der Waals surface area contributed by atoms with Crippen LogP contribution < -0.4 is 4.74 Å². The number of aromatic hydroxyl groups is 1. The van der Waals surface area contributed by atoms with Gasteiger partial charge in [-0.05, 0) is 36.8 Å². The lowest BCUT2D eigenvalue weighted by atomic mass is 10.2. The van der Waals surface area contributed by atoms with Crippen LogP contribution in [0.15, 0.2) is 52.0 Å². The van der Waals surface area contributed by atoms with E-state index in [1.165, 1.54) is 18.2 Å². The van der Waals surface area contributed by atoms with Crippen molar-refractivity contribution in [1.29, 1.82) is 0 Å². The Kier molecular flexibility index (Phi) is 5.81. The van der Waals surface area contributed by atoms with Crippen LogP contribution in [0.25, 0.3) is 0 Å². The number of phenols is 1. The number of carboxylic acids is 1. The second kappa shape index (κ2) is 7.83. The monoisotopic (exact) mass is 350 g/mol. The van der Waals surface area contributed by atoms with Gasteiger partial charge in [-0.2, -0.15) is 0 Å². The van der Waals surface area contributed by atoms with Gasteiger partial charge in [0.15, 0.2) is 0 Å². The van der Waals surface area contributed by atoms with Gasteiger partial charge in [-0.1, -0.05) is 6.92 Å². The van der Waals surface area contributed by atoms with Crippen molar-refractivity contribution in [2.45, 2.75) is 13.3 Å². The van der Waals surface area contributed by atoms with Crippen molar-refractivity contribution < 1.29 is 28.7 Å². The highest BCUT2D eigenvalue weighted by Gasteiger charge is 2.26. The number of ether oxygens (including phenoxy) is 2. The summed E-state index contributed by atoms with van der Waals surface area (Å²) in [5.74, 6) is -0.194. The van der Waals surface area contributed by atoms with Crippen LogP contribution in [-0.4, -0.2) is 34.1 Å². The first-order chi connectivity index (χ1) is 11.5. The fourth-order valence-corrected chi connectivity index (χ4v) is 3.22. The SMILES string of the molecule is CCCOc1ccc(C(=O)O)c(O)c1.COC1=C2C=CC(=C1)S2=O. The molecular weight excluding hydrogens is 332 g/mol. The lowest BCUT2D eigenvalue weighted by Crippen LogP contribution is -1.98. The molecule has 1 aromatic carbocycles. The number of aromatic carboxylic acids is 1. The third-order valence-corrected chi connectivity index (χ3v) is 4.64. The molecule has 1 unspecified atom stereocenters. The molecule has 2 N–H and O–H groups in total. The highest BCUT2D eigenvalue weighted by atomic mass is 32.2. The van der Waals surface area contributed by atoms with E-state index in [-0.39, 0.29) is 11.3 Å². The highest BCUT2D eigenvalue weighted by molar-refractivity contribution is 7.94. The summed E-state index contributed by atoms with van der Waals surface area (Å²) < 4.78 is 21.4. The second-order valence-electron chi connectivity index (χ2n) is 4.91. The fourth-order valence-electron chi connectivity index (χ4n) is 2.05. The molecule has 3 rings (SSSR count). The van der Waals surface area contributed by atoms with Gasteiger partial charge >= 0.3 is 5.97 Å². The summed E-state index contributed by atoms with van der Waals surface area (Å²) in [7, 11) is 0.662. The fraction of sp³-hybridized carbons (Fsp3) is 0.235. The van der Waals surface area contributed by atoms with E-state index in [0.717, 1.165) is 22.0 Å².